The average molecular weight is 141 g/mol. The smallest absolute Gasteiger partial charge is 0.382 e. The Balaban J connectivity index is 3.74. The topological polar surface area (TPSA) is 47.7 Å². The van der Waals surface area contributed by atoms with Crippen molar-refractivity contribution in [1.82, 2.24) is 0 Å². The molecule has 0 aromatic rings. The molecule has 0 saturated carbocycles. The minimum atomic E-state index is -0.918. The standard InChI is InChI=1S/C6H7NO3/c1-3-10-6(9)5(8)4-7-2/h3-4H2,1H3. The molecule has 0 spiro atoms. The molecule has 0 aromatic carbocycles. The zero-order chi connectivity index (χ0) is 7.98. The molecular weight excluding hydrogens is 134 g/mol. The van der Waals surface area contributed by atoms with E-state index in [0.29, 0.717) is 0 Å². The molecule has 10 heavy (non-hydrogen) atoms. The quantitative estimate of drug-likeness (QED) is 0.316. The lowest BCUT2D eigenvalue weighted by Gasteiger charge is -1.93. The fourth-order valence-electron chi connectivity index (χ4n) is 0.348. The third-order valence-electron chi connectivity index (χ3n) is 0.726. The third-order valence-corrected chi connectivity index (χ3v) is 0.726. The van der Waals surface area contributed by atoms with Crippen molar-refractivity contribution in [2.75, 3.05) is 13.2 Å². The summed E-state index contributed by atoms with van der Waals surface area (Å²) in [6.07, 6.45) is 0. The summed E-state index contributed by atoms with van der Waals surface area (Å²) in [5, 5.41) is 0. The van der Waals surface area contributed by atoms with Crippen molar-refractivity contribution in [3.63, 3.8) is 0 Å². The van der Waals surface area contributed by atoms with Gasteiger partial charge in [-0.1, -0.05) is 0 Å². The second-order valence-electron chi connectivity index (χ2n) is 1.46. The lowest BCUT2D eigenvalue weighted by Crippen LogP contribution is -2.18. The van der Waals surface area contributed by atoms with Crippen molar-refractivity contribution in [3.05, 3.63) is 11.4 Å². The summed E-state index contributed by atoms with van der Waals surface area (Å²) in [6, 6.07) is 0. The number of nitrogens with zero attached hydrogens (tertiary/aromatic N) is 1. The highest BCUT2D eigenvalue weighted by molar-refractivity contribution is 6.34. The van der Waals surface area contributed by atoms with E-state index in [1.807, 2.05) is 0 Å². The summed E-state index contributed by atoms with van der Waals surface area (Å²) in [5.74, 6) is -1.70. The van der Waals surface area contributed by atoms with Crippen molar-refractivity contribution in [2.45, 2.75) is 6.92 Å². The Kier molecular flexibility index (Phi) is 3.89. The van der Waals surface area contributed by atoms with E-state index in [9.17, 15) is 9.59 Å². The Morgan fingerprint density at radius 3 is 2.60 bits per heavy atom. The highest BCUT2D eigenvalue weighted by Crippen LogP contribution is 1.81. The van der Waals surface area contributed by atoms with Gasteiger partial charge in [-0.2, -0.15) is 0 Å². The van der Waals surface area contributed by atoms with E-state index in [2.05, 4.69) is 9.58 Å². The van der Waals surface area contributed by atoms with Crippen LogP contribution < -0.4 is 0 Å². The van der Waals surface area contributed by atoms with E-state index in [4.69, 9.17) is 6.57 Å². The largest absolute Gasteiger partial charge is 0.460 e. The maximum absolute atomic E-state index is 10.4. The predicted octanol–water partition coefficient (Wildman–Crippen LogP) is 0.0379. The molecule has 54 valence electrons. The summed E-state index contributed by atoms with van der Waals surface area (Å²) < 4.78 is 4.32. The first kappa shape index (κ1) is 8.63. The van der Waals surface area contributed by atoms with Gasteiger partial charge in [0.1, 0.15) is 0 Å². The van der Waals surface area contributed by atoms with Gasteiger partial charge >= 0.3 is 11.8 Å². The lowest BCUT2D eigenvalue weighted by molar-refractivity contribution is -0.152. The molecule has 0 radical (unpaired) electrons. The first-order valence-corrected chi connectivity index (χ1v) is 2.75. The van der Waals surface area contributed by atoms with Crippen molar-refractivity contribution in [1.29, 1.82) is 0 Å². The van der Waals surface area contributed by atoms with Crippen molar-refractivity contribution in [3.8, 4) is 0 Å². The number of ether oxygens (including phenoxy) is 1. The van der Waals surface area contributed by atoms with Crippen LogP contribution >= 0.6 is 0 Å². The van der Waals surface area contributed by atoms with Crippen molar-refractivity contribution in [2.24, 2.45) is 0 Å². The van der Waals surface area contributed by atoms with E-state index in [1.165, 1.54) is 0 Å². The van der Waals surface area contributed by atoms with Crippen LogP contribution in [0.3, 0.4) is 0 Å². The summed E-state index contributed by atoms with van der Waals surface area (Å²) in [7, 11) is 0. The number of esters is 1. The Morgan fingerprint density at radius 2 is 2.20 bits per heavy atom. The van der Waals surface area contributed by atoms with Crippen LogP contribution in [0.15, 0.2) is 0 Å². The molecule has 0 aliphatic heterocycles. The molecule has 0 fully saturated rings. The van der Waals surface area contributed by atoms with Crippen LogP contribution in [0, 0.1) is 6.57 Å². The molecule has 4 nitrogen and oxygen atoms in total. The Morgan fingerprint density at radius 1 is 1.60 bits per heavy atom. The second kappa shape index (κ2) is 4.50. The van der Waals surface area contributed by atoms with Crippen LogP contribution in [0.2, 0.25) is 0 Å². The van der Waals surface area contributed by atoms with Crippen LogP contribution in [0.25, 0.3) is 4.85 Å². The molecule has 0 saturated heterocycles. The van der Waals surface area contributed by atoms with Crippen molar-refractivity contribution < 1.29 is 14.3 Å². The van der Waals surface area contributed by atoms with Gasteiger partial charge in [0.25, 0.3) is 6.54 Å². The SMILES string of the molecule is [C-]#[N+]CC(=O)C(=O)OCC. The van der Waals surface area contributed by atoms with Crippen LogP contribution in [0.5, 0.6) is 0 Å². The first-order valence-electron chi connectivity index (χ1n) is 2.75. The number of carbonyl (C=O) groups excluding carboxylic acids is 2. The fourth-order valence-corrected chi connectivity index (χ4v) is 0.348. The van der Waals surface area contributed by atoms with E-state index in [1.54, 1.807) is 6.92 Å². The fraction of sp³-hybridized carbons (Fsp3) is 0.500. The predicted molar refractivity (Wildman–Crippen MR) is 33.1 cm³/mol. The van der Waals surface area contributed by atoms with E-state index < -0.39 is 18.3 Å². The zero-order valence-electron chi connectivity index (χ0n) is 5.59. The highest BCUT2D eigenvalue weighted by Gasteiger charge is 2.16. The van der Waals surface area contributed by atoms with Gasteiger partial charge in [0.15, 0.2) is 0 Å². The molecule has 4 heteroatoms. The molecule has 0 bridgehead atoms. The number of carbonyl (C=O) groups is 2. The van der Waals surface area contributed by atoms with Crippen molar-refractivity contribution >= 4 is 11.8 Å². The molecular formula is C6H7NO3. The van der Waals surface area contributed by atoms with Gasteiger partial charge in [0, 0.05) is 0 Å². The molecule has 0 atom stereocenters. The van der Waals surface area contributed by atoms with Gasteiger partial charge in [-0.15, -0.1) is 0 Å². The minimum absolute atomic E-state index is 0.169. The van der Waals surface area contributed by atoms with Crippen LogP contribution in [0.1, 0.15) is 6.92 Å². The summed E-state index contributed by atoms with van der Waals surface area (Å²) in [5.41, 5.74) is 0. The molecule has 0 unspecified atom stereocenters. The lowest BCUT2D eigenvalue weighted by atomic mass is 10.4. The summed E-state index contributed by atoms with van der Waals surface area (Å²) >= 11 is 0. The third kappa shape index (κ3) is 2.82. The van der Waals surface area contributed by atoms with E-state index in [0.717, 1.165) is 0 Å². The van der Waals surface area contributed by atoms with Crippen LogP contribution in [-0.2, 0) is 14.3 Å². The Hall–Kier alpha value is -1.37. The average Bonchev–Trinajstić information content (AvgIpc) is 1.89. The van der Waals surface area contributed by atoms with Gasteiger partial charge in [0.2, 0.25) is 0 Å². The maximum atomic E-state index is 10.4. The van der Waals surface area contributed by atoms with Gasteiger partial charge in [-0.05, 0) is 6.92 Å². The molecule has 0 amide bonds. The minimum Gasteiger partial charge on any atom is -0.460 e. The number of rotatable bonds is 3. The Labute approximate surface area is 58.6 Å². The second-order valence-corrected chi connectivity index (χ2v) is 1.46. The van der Waals surface area contributed by atoms with Gasteiger partial charge in [-0.3, -0.25) is 4.79 Å². The van der Waals surface area contributed by atoms with Gasteiger partial charge in [0.05, 0.1) is 6.61 Å². The molecule has 0 heterocycles. The number of hydrogen-bond acceptors (Lipinski definition) is 3. The molecule has 0 aliphatic rings. The molecule has 0 aliphatic carbocycles. The monoisotopic (exact) mass is 141 g/mol. The van der Waals surface area contributed by atoms with Crippen LogP contribution in [-0.4, -0.2) is 24.9 Å². The zero-order valence-corrected chi connectivity index (χ0v) is 5.59. The highest BCUT2D eigenvalue weighted by atomic mass is 16.5. The van der Waals surface area contributed by atoms with Gasteiger partial charge in [-0.25, -0.2) is 11.4 Å². The van der Waals surface area contributed by atoms with Crippen LogP contribution in [0.4, 0.5) is 0 Å². The number of hydrogen-bond donors (Lipinski definition) is 0. The normalized spacial score (nSPS) is 8.00. The number of ketones is 1. The molecule has 0 aromatic heterocycles. The summed E-state index contributed by atoms with van der Waals surface area (Å²) in [4.78, 5) is 23.6. The summed E-state index contributed by atoms with van der Waals surface area (Å²) in [6.45, 7) is 7.61. The first-order chi connectivity index (χ1) is 4.72. The maximum Gasteiger partial charge on any atom is 0.382 e. The van der Waals surface area contributed by atoms with E-state index in [-0.39, 0.29) is 6.61 Å². The van der Waals surface area contributed by atoms with Gasteiger partial charge < -0.3 is 9.58 Å². The van der Waals surface area contributed by atoms with E-state index >= 15 is 0 Å². The molecule has 0 rings (SSSR count). The number of Topliss-reactive ketones (excluding diaryl/α,β-unsaturated/α-hetero) is 1. The molecule has 0 N–H and O–H groups in total. The Bertz CT molecular complexity index is 180.